The Hall–Kier alpha value is -2.60. The molecular formula is C25H31N5O2S. The lowest BCUT2D eigenvalue weighted by Gasteiger charge is -2.23. The van der Waals surface area contributed by atoms with Gasteiger partial charge in [-0.15, -0.1) is 21.5 Å². The van der Waals surface area contributed by atoms with Crippen LogP contribution in [-0.2, 0) is 12.8 Å². The molecule has 1 saturated carbocycles. The monoisotopic (exact) mass is 465 g/mol. The number of hydrogen-bond donors (Lipinski definition) is 3. The van der Waals surface area contributed by atoms with Gasteiger partial charge in [0.05, 0.1) is 24.2 Å². The van der Waals surface area contributed by atoms with E-state index in [-0.39, 0.29) is 17.8 Å². The molecule has 2 heterocycles. The van der Waals surface area contributed by atoms with Crippen molar-refractivity contribution in [1.29, 1.82) is 5.26 Å². The lowest BCUT2D eigenvalue weighted by atomic mass is 9.82. The van der Waals surface area contributed by atoms with Crippen molar-refractivity contribution in [2.75, 3.05) is 0 Å². The molecule has 5 atom stereocenters. The van der Waals surface area contributed by atoms with Gasteiger partial charge in [-0.3, -0.25) is 0 Å². The van der Waals surface area contributed by atoms with Crippen LogP contribution in [0.15, 0.2) is 36.4 Å². The summed E-state index contributed by atoms with van der Waals surface area (Å²) in [7, 11) is 0. The van der Waals surface area contributed by atoms with Crippen molar-refractivity contribution in [3.05, 3.63) is 63.1 Å². The second-order valence-corrected chi connectivity index (χ2v) is 10.1. The van der Waals surface area contributed by atoms with Crippen molar-refractivity contribution in [2.45, 2.75) is 75.9 Å². The number of unbranched alkanes of at least 4 members (excludes halogenated alkanes) is 2. The summed E-state index contributed by atoms with van der Waals surface area (Å²) < 4.78 is 0. The minimum atomic E-state index is -0.568. The third kappa shape index (κ3) is 5.49. The molecule has 0 radical (unpaired) electrons. The molecule has 1 aliphatic rings. The van der Waals surface area contributed by atoms with Crippen molar-refractivity contribution in [2.24, 2.45) is 5.92 Å². The van der Waals surface area contributed by atoms with E-state index < -0.39 is 12.2 Å². The zero-order valence-electron chi connectivity index (χ0n) is 18.9. The van der Waals surface area contributed by atoms with Gasteiger partial charge in [0, 0.05) is 28.0 Å². The lowest BCUT2D eigenvalue weighted by molar-refractivity contribution is 0.160. The SMILES string of the molecule is CCCCCC(O)c1ccc(C2C(c3ccc(CCc4nn[nH]n4)cc3)[C@H](C#N)C[C@H]2O)s1. The molecule has 0 aliphatic heterocycles. The average Bonchev–Trinajstić information content (AvgIpc) is 3.58. The van der Waals surface area contributed by atoms with Crippen molar-refractivity contribution in [3.63, 3.8) is 0 Å². The summed E-state index contributed by atoms with van der Waals surface area (Å²) in [4.78, 5) is 2.00. The van der Waals surface area contributed by atoms with E-state index in [1.807, 2.05) is 12.1 Å². The Bertz CT molecular complexity index is 1040. The molecule has 33 heavy (non-hydrogen) atoms. The van der Waals surface area contributed by atoms with Crippen LogP contribution in [0.5, 0.6) is 0 Å². The normalized spacial score (nSPS) is 23.5. The zero-order chi connectivity index (χ0) is 23.2. The van der Waals surface area contributed by atoms with Crippen LogP contribution in [0.1, 0.15) is 83.7 Å². The quantitative estimate of drug-likeness (QED) is 0.381. The Morgan fingerprint density at radius 2 is 1.97 bits per heavy atom. The van der Waals surface area contributed by atoms with Crippen LogP contribution >= 0.6 is 11.3 Å². The Morgan fingerprint density at radius 1 is 1.15 bits per heavy atom. The van der Waals surface area contributed by atoms with Crippen LogP contribution in [0, 0.1) is 17.2 Å². The number of aromatic nitrogens is 4. The maximum atomic E-state index is 10.9. The van der Waals surface area contributed by atoms with E-state index in [0.29, 0.717) is 18.7 Å². The number of aliphatic hydroxyl groups is 2. The number of hydrogen-bond acceptors (Lipinski definition) is 7. The summed E-state index contributed by atoms with van der Waals surface area (Å²) in [6, 6.07) is 14.8. The Labute approximate surface area is 198 Å². The van der Waals surface area contributed by atoms with Crippen molar-refractivity contribution < 1.29 is 10.2 Å². The van der Waals surface area contributed by atoms with E-state index in [1.54, 1.807) is 11.3 Å². The predicted molar refractivity (Wildman–Crippen MR) is 127 cm³/mol. The van der Waals surface area contributed by atoms with Gasteiger partial charge in [-0.1, -0.05) is 55.7 Å². The van der Waals surface area contributed by atoms with E-state index in [2.05, 4.69) is 57.9 Å². The smallest absolute Gasteiger partial charge is 0.174 e. The summed E-state index contributed by atoms with van der Waals surface area (Å²) in [6.07, 6.45) is 4.97. The third-order valence-electron chi connectivity index (χ3n) is 6.67. The van der Waals surface area contributed by atoms with Gasteiger partial charge < -0.3 is 10.2 Å². The number of nitrogens with zero attached hydrogens (tertiary/aromatic N) is 4. The van der Waals surface area contributed by atoms with Crippen LogP contribution in [0.4, 0.5) is 0 Å². The van der Waals surface area contributed by atoms with Gasteiger partial charge in [-0.05, 0) is 42.5 Å². The zero-order valence-corrected chi connectivity index (χ0v) is 19.7. The first-order chi connectivity index (χ1) is 16.1. The molecule has 1 aliphatic carbocycles. The van der Waals surface area contributed by atoms with Crippen LogP contribution in [0.3, 0.4) is 0 Å². The van der Waals surface area contributed by atoms with Gasteiger partial charge in [0.25, 0.3) is 0 Å². The Balaban J connectivity index is 1.50. The maximum Gasteiger partial charge on any atom is 0.174 e. The summed E-state index contributed by atoms with van der Waals surface area (Å²) in [5.74, 6) is 0.240. The fourth-order valence-electron chi connectivity index (χ4n) is 4.89. The topological polar surface area (TPSA) is 119 Å². The molecule has 4 rings (SSSR count). The number of aryl methyl sites for hydroxylation is 2. The molecule has 0 spiro atoms. The molecule has 174 valence electrons. The molecule has 0 saturated heterocycles. The average molecular weight is 466 g/mol. The van der Waals surface area contributed by atoms with E-state index in [0.717, 1.165) is 47.4 Å². The molecule has 1 aromatic carbocycles. The number of nitrogens with one attached hydrogen (secondary N) is 1. The number of H-pyrrole nitrogens is 1. The van der Waals surface area contributed by atoms with E-state index in [4.69, 9.17) is 0 Å². The maximum absolute atomic E-state index is 10.9. The van der Waals surface area contributed by atoms with E-state index in [1.165, 1.54) is 5.56 Å². The first kappa shape index (κ1) is 23.6. The molecule has 1 fully saturated rings. The van der Waals surface area contributed by atoms with Gasteiger partial charge in [0.15, 0.2) is 5.82 Å². The fraction of sp³-hybridized carbons (Fsp3) is 0.520. The van der Waals surface area contributed by atoms with Gasteiger partial charge in [0.1, 0.15) is 0 Å². The summed E-state index contributed by atoms with van der Waals surface area (Å²) in [6.45, 7) is 2.16. The number of nitriles is 1. The molecule has 7 nitrogen and oxygen atoms in total. The van der Waals surface area contributed by atoms with Crippen molar-refractivity contribution in [1.82, 2.24) is 20.6 Å². The molecule has 3 N–H and O–H groups in total. The third-order valence-corrected chi connectivity index (χ3v) is 7.96. The summed E-state index contributed by atoms with van der Waals surface area (Å²) in [5.41, 5.74) is 2.24. The molecule has 8 heteroatoms. The number of benzene rings is 1. The number of thiophene rings is 1. The standard InChI is InChI=1S/C25H31N5O2S/c1-2-3-4-5-19(31)21-11-12-22(33-21)25-20(32)14-18(15-26)24(25)17-9-6-16(7-10-17)8-13-23-27-29-30-28-23/h6-7,9-12,18-20,24-25,31-32H,2-5,8,13-14H2,1H3,(H,27,28,29,30)/t18-,19?,20+,24?,25?/m0/s1. The number of rotatable bonds is 10. The van der Waals surface area contributed by atoms with Crippen LogP contribution in [0.25, 0.3) is 0 Å². The van der Waals surface area contributed by atoms with Crippen LogP contribution in [0.2, 0.25) is 0 Å². The molecule has 3 unspecified atom stereocenters. The lowest BCUT2D eigenvalue weighted by Crippen LogP contribution is -2.16. The number of aromatic amines is 1. The highest BCUT2D eigenvalue weighted by Crippen LogP contribution is 2.51. The number of aliphatic hydroxyl groups excluding tert-OH is 2. The van der Waals surface area contributed by atoms with Crippen molar-refractivity contribution in [3.8, 4) is 6.07 Å². The molecule has 3 aromatic rings. The fourth-order valence-corrected chi connectivity index (χ4v) is 6.13. The minimum Gasteiger partial charge on any atom is -0.392 e. The summed E-state index contributed by atoms with van der Waals surface area (Å²) >= 11 is 1.58. The second-order valence-electron chi connectivity index (χ2n) is 8.91. The minimum absolute atomic E-state index is 0.0695. The molecule has 0 amide bonds. The van der Waals surface area contributed by atoms with Crippen LogP contribution < -0.4 is 0 Å². The Kier molecular flexibility index (Phi) is 7.86. The summed E-state index contributed by atoms with van der Waals surface area (Å²) in [5, 5.41) is 45.4. The highest BCUT2D eigenvalue weighted by molar-refractivity contribution is 7.12. The van der Waals surface area contributed by atoms with Crippen molar-refractivity contribution >= 4 is 11.3 Å². The predicted octanol–water partition coefficient (Wildman–Crippen LogP) is 4.43. The van der Waals surface area contributed by atoms with Gasteiger partial charge >= 0.3 is 0 Å². The first-order valence-electron chi connectivity index (χ1n) is 11.8. The largest absolute Gasteiger partial charge is 0.392 e. The van der Waals surface area contributed by atoms with E-state index in [9.17, 15) is 15.5 Å². The van der Waals surface area contributed by atoms with Gasteiger partial charge in [-0.25, -0.2) is 0 Å². The van der Waals surface area contributed by atoms with Gasteiger partial charge in [0.2, 0.25) is 0 Å². The van der Waals surface area contributed by atoms with Gasteiger partial charge in [-0.2, -0.15) is 10.5 Å². The second kappa shape index (κ2) is 11.0. The van der Waals surface area contributed by atoms with E-state index >= 15 is 0 Å². The molecule has 0 bridgehead atoms. The molecule has 2 aromatic heterocycles. The first-order valence-corrected chi connectivity index (χ1v) is 12.6. The highest BCUT2D eigenvalue weighted by Gasteiger charge is 2.45. The molecular weight excluding hydrogens is 434 g/mol. The highest BCUT2D eigenvalue weighted by atomic mass is 32.1. The number of tetrazole rings is 1. The Morgan fingerprint density at radius 3 is 2.67 bits per heavy atom. The van der Waals surface area contributed by atoms with Crippen LogP contribution in [-0.4, -0.2) is 36.9 Å².